The minimum absolute atomic E-state index is 0.0265. The molecule has 0 bridgehead atoms. The summed E-state index contributed by atoms with van der Waals surface area (Å²) in [4.78, 5) is 11.1. The molecule has 0 aliphatic heterocycles. The second kappa shape index (κ2) is 8.05. The van der Waals surface area contributed by atoms with Gasteiger partial charge in [0.1, 0.15) is 17.8 Å². The van der Waals surface area contributed by atoms with Crippen LogP contribution in [-0.4, -0.2) is 14.7 Å². The fraction of sp³-hybridized carbons (Fsp3) is 0.0952. The Morgan fingerprint density at radius 2 is 1.59 bits per heavy atom. The van der Waals surface area contributed by atoms with E-state index in [1.807, 2.05) is 37.3 Å². The first kappa shape index (κ1) is 18.7. The minimum atomic E-state index is -4.06. The van der Waals surface area contributed by atoms with Crippen molar-refractivity contribution in [3.8, 4) is 11.5 Å². The maximum Gasteiger partial charge on any atom is 0.339 e. The molecule has 0 saturated heterocycles. The van der Waals surface area contributed by atoms with Crippen LogP contribution in [0.3, 0.4) is 0 Å². The molecule has 0 atom stereocenters. The summed E-state index contributed by atoms with van der Waals surface area (Å²) in [6, 6.07) is 20.2. The Kier molecular flexibility index (Phi) is 5.57. The van der Waals surface area contributed by atoms with Crippen molar-refractivity contribution in [1.82, 2.24) is 0 Å². The first-order valence-electron chi connectivity index (χ1n) is 8.25. The fourth-order valence-corrected chi connectivity index (χ4v) is 3.32. The van der Waals surface area contributed by atoms with Crippen molar-refractivity contribution in [3.05, 3.63) is 89.5 Å². The van der Waals surface area contributed by atoms with E-state index in [0.29, 0.717) is 6.29 Å². The van der Waals surface area contributed by atoms with E-state index in [1.165, 1.54) is 24.3 Å². The Morgan fingerprint density at radius 3 is 2.26 bits per heavy atom. The van der Waals surface area contributed by atoms with Gasteiger partial charge >= 0.3 is 10.1 Å². The first-order chi connectivity index (χ1) is 13.0. The van der Waals surface area contributed by atoms with E-state index < -0.39 is 10.1 Å². The Labute approximate surface area is 158 Å². The van der Waals surface area contributed by atoms with Crippen LogP contribution in [0.4, 0.5) is 0 Å². The lowest BCUT2D eigenvalue weighted by Crippen LogP contribution is -2.11. The molecule has 0 aliphatic carbocycles. The largest absolute Gasteiger partial charge is 0.485 e. The van der Waals surface area contributed by atoms with Crippen LogP contribution in [0.15, 0.2) is 77.7 Å². The summed E-state index contributed by atoms with van der Waals surface area (Å²) in [5, 5.41) is 0. The SMILES string of the molecule is Cc1ccc(S(=O)(=O)Oc2cc(C=O)ccc2OCc2ccccc2)cc1. The number of rotatable bonds is 7. The summed E-state index contributed by atoms with van der Waals surface area (Å²) in [6.45, 7) is 2.10. The van der Waals surface area contributed by atoms with Crippen LogP contribution < -0.4 is 8.92 Å². The van der Waals surface area contributed by atoms with Crippen molar-refractivity contribution in [2.75, 3.05) is 0 Å². The van der Waals surface area contributed by atoms with E-state index in [9.17, 15) is 13.2 Å². The smallest absolute Gasteiger partial charge is 0.339 e. The van der Waals surface area contributed by atoms with Gasteiger partial charge in [-0.2, -0.15) is 8.42 Å². The van der Waals surface area contributed by atoms with E-state index in [4.69, 9.17) is 8.92 Å². The Morgan fingerprint density at radius 1 is 0.889 bits per heavy atom. The molecule has 0 aromatic heterocycles. The van der Waals surface area contributed by atoms with Crippen LogP contribution in [0, 0.1) is 6.92 Å². The lowest BCUT2D eigenvalue weighted by molar-refractivity contribution is 0.112. The summed E-state index contributed by atoms with van der Waals surface area (Å²) in [7, 11) is -4.06. The molecule has 0 unspecified atom stereocenters. The molecule has 0 amide bonds. The standard InChI is InChI=1S/C21H18O5S/c1-16-7-10-19(11-8-16)27(23,24)26-21-13-18(14-22)9-12-20(21)25-15-17-5-3-2-4-6-17/h2-14H,15H2,1H3. The molecule has 3 rings (SSSR count). The van der Waals surface area contributed by atoms with Gasteiger partial charge in [-0.05, 0) is 42.8 Å². The maximum absolute atomic E-state index is 12.6. The van der Waals surface area contributed by atoms with Gasteiger partial charge in [0, 0.05) is 5.56 Å². The number of hydrogen-bond donors (Lipinski definition) is 0. The topological polar surface area (TPSA) is 69.7 Å². The second-order valence-electron chi connectivity index (χ2n) is 5.95. The molecule has 0 aliphatic rings. The van der Waals surface area contributed by atoms with E-state index in [-0.39, 0.29) is 28.6 Å². The van der Waals surface area contributed by atoms with Gasteiger partial charge < -0.3 is 8.92 Å². The molecule has 0 radical (unpaired) electrons. The molecule has 5 nitrogen and oxygen atoms in total. The Hall–Kier alpha value is -3.12. The highest BCUT2D eigenvalue weighted by molar-refractivity contribution is 7.87. The molecular formula is C21H18O5S. The van der Waals surface area contributed by atoms with E-state index in [1.54, 1.807) is 18.2 Å². The molecule has 0 fully saturated rings. The summed E-state index contributed by atoms with van der Waals surface area (Å²) in [6.07, 6.45) is 0.617. The number of ether oxygens (including phenoxy) is 1. The molecule has 0 N–H and O–H groups in total. The Balaban J connectivity index is 1.88. The Bertz CT molecular complexity index is 1030. The summed E-state index contributed by atoms with van der Waals surface area (Å²) in [5.41, 5.74) is 2.14. The second-order valence-corrected chi connectivity index (χ2v) is 7.50. The van der Waals surface area contributed by atoms with Crippen molar-refractivity contribution in [3.63, 3.8) is 0 Å². The van der Waals surface area contributed by atoms with Crippen LogP contribution in [0.5, 0.6) is 11.5 Å². The van der Waals surface area contributed by atoms with Gasteiger partial charge in [-0.3, -0.25) is 4.79 Å². The normalized spacial score (nSPS) is 11.0. The zero-order chi connectivity index (χ0) is 19.3. The molecule has 138 valence electrons. The van der Waals surface area contributed by atoms with E-state index in [2.05, 4.69) is 0 Å². The molecule has 0 saturated carbocycles. The molecule has 6 heteroatoms. The van der Waals surface area contributed by atoms with Crippen molar-refractivity contribution in [2.24, 2.45) is 0 Å². The predicted octanol–water partition coefficient (Wildman–Crippen LogP) is 4.15. The molecule has 0 spiro atoms. The number of carbonyl (C=O) groups excluding carboxylic acids is 1. The van der Waals surface area contributed by atoms with Crippen molar-refractivity contribution >= 4 is 16.4 Å². The van der Waals surface area contributed by atoms with Gasteiger partial charge in [0.15, 0.2) is 11.5 Å². The van der Waals surface area contributed by atoms with Crippen LogP contribution in [-0.2, 0) is 16.7 Å². The number of carbonyl (C=O) groups is 1. The highest BCUT2D eigenvalue weighted by Gasteiger charge is 2.19. The quantitative estimate of drug-likeness (QED) is 0.453. The first-order valence-corrected chi connectivity index (χ1v) is 9.66. The van der Waals surface area contributed by atoms with Gasteiger partial charge in [-0.1, -0.05) is 48.0 Å². The van der Waals surface area contributed by atoms with Gasteiger partial charge in [0.2, 0.25) is 0 Å². The summed E-state index contributed by atoms with van der Waals surface area (Å²) < 4.78 is 36.1. The minimum Gasteiger partial charge on any atom is -0.485 e. The van der Waals surface area contributed by atoms with Crippen LogP contribution in [0.2, 0.25) is 0 Å². The molecule has 3 aromatic rings. The van der Waals surface area contributed by atoms with Crippen LogP contribution in [0.1, 0.15) is 21.5 Å². The predicted molar refractivity (Wildman–Crippen MR) is 102 cm³/mol. The average molecular weight is 382 g/mol. The number of hydrogen-bond acceptors (Lipinski definition) is 5. The lowest BCUT2D eigenvalue weighted by atomic mass is 10.2. The summed E-state index contributed by atoms with van der Waals surface area (Å²) in [5.74, 6) is 0.205. The van der Waals surface area contributed by atoms with E-state index in [0.717, 1.165) is 11.1 Å². The number of aryl methyl sites for hydroxylation is 1. The highest BCUT2D eigenvalue weighted by Crippen LogP contribution is 2.31. The number of aldehydes is 1. The third-order valence-corrected chi connectivity index (χ3v) is 5.10. The summed E-state index contributed by atoms with van der Waals surface area (Å²) >= 11 is 0. The van der Waals surface area contributed by atoms with Crippen molar-refractivity contribution in [2.45, 2.75) is 18.4 Å². The molecular weight excluding hydrogens is 364 g/mol. The molecule has 3 aromatic carbocycles. The van der Waals surface area contributed by atoms with Gasteiger partial charge in [0.05, 0.1) is 0 Å². The van der Waals surface area contributed by atoms with Gasteiger partial charge in [-0.15, -0.1) is 0 Å². The van der Waals surface area contributed by atoms with E-state index >= 15 is 0 Å². The maximum atomic E-state index is 12.6. The van der Waals surface area contributed by atoms with Gasteiger partial charge in [0.25, 0.3) is 0 Å². The fourth-order valence-electron chi connectivity index (χ4n) is 2.39. The number of benzene rings is 3. The van der Waals surface area contributed by atoms with Crippen LogP contribution >= 0.6 is 0 Å². The highest BCUT2D eigenvalue weighted by atomic mass is 32.2. The zero-order valence-corrected chi connectivity index (χ0v) is 15.5. The lowest BCUT2D eigenvalue weighted by Gasteiger charge is -2.13. The third kappa shape index (κ3) is 4.74. The van der Waals surface area contributed by atoms with Gasteiger partial charge in [-0.25, -0.2) is 0 Å². The monoisotopic (exact) mass is 382 g/mol. The molecule has 27 heavy (non-hydrogen) atoms. The average Bonchev–Trinajstić information content (AvgIpc) is 2.68. The third-order valence-electron chi connectivity index (χ3n) is 3.85. The molecule has 0 heterocycles. The van der Waals surface area contributed by atoms with Crippen molar-refractivity contribution < 1.29 is 22.1 Å². The zero-order valence-electron chi connectivity index (χ0n) is 14.7. The van der Waals surface area contributed by atoms with Crippen LogP contribution in [0.25, 0.3) is 0 Å². The van der Waals surface area contributed by atoms with Crippen molar-refractivity contribution in [1.29, 1.82) is 0 Å².